The number of nitrogens with zero attached hydrogens (tertiary/aromatic N) is 1. The fourth-order valence-corrected chi connectivity index (χ4v) is 2.56. The molecule has 2 N–H and O–H groups in total. The Morgan fingerprint density at radius 3 is 2.59 bits per heavy atom. The second-order valence-electron chi connectivity index (χ2n) is 4.90. The topological polar surface area (TPSA) is 29.3 Å². The number of nitrogens with two attached hydrogens (primary N) is 1. The van der Waals surface area contributed by atoms with Crippen LogP contribution >= 0.6 is 0 Å². The molecule has 1 aromatic carbocycles. The highest BCUT2D eigenvalue weighted by Gasteiger charge is 2.34. The van der Waals surface area contributed by atoms with Gasteiger partial charge in [0.15, 0.2) is 11.6 Å². The van der Waals surface area contributed by atoms with Gasteiger partial charge in [-0.15, -0.1) is 0 Å². The Morgan fingerprint density at radius 1 is 1.29 bits per heavy atom. The van der Waals surface area contributed by atoms with Crippen LogP contribution in [0.5, 0.6) is 0 Å². The minimum Gasteiger partial charge on any atom is -0.326 e. The largest absolute Gasteiger partial charge is 0.326 e. The average molecular weight is 240 g/mol. The van der Waals surface area contributed by atoms with Gasteiger partial charge in [0.2, 0.25) is 0 Å². The first-order valence-electron chi connectivity index (χ1n) is 5.97. The molecular formula is C13H18F2N2. The van der Waals surface area contributed by atoms with Crippen molar-refractivity contribution in [2.24, 2.45) is 5.73 Å². The van der Waals surface area contributed by atoms with Crippen LogP contribution in [0, 0.1) is 11.6 Å². The Labute approximate surface area is 100 Å². The quantitative estimate of drug-likeness (QED) is 0.860. The Hall–Kier alpha value is -1.00. The maximum atomic E-state index is 13.3. The highest BCUT2D eigenvalue weighted by molar-refractivity contribution is 5.24. The highest BCUT2D eigenvalue weighted by Crippen LogP contribution is 2.33. The third-order valence-electron chi connectivity index (χ3n) is 3.43. The Morgan fingerprint density at radius 2 is 2.00 bits per heavy atom. The van der Waals surface area contributed by atoms with Crippen LogP contribution in [0.25, 0.3) is 0 Å². The van der Waals surface area contributed by atoms with E-state index in [0.29, 0.717) is 6.04 Å². The van der Waals surface area contributed by atoms with E-state index < -0.39 is 11.6 Å². The van der Waals surface area contributed by atoms with Crippen LogP contribution in [0.15, 0.2) is 18.2 Å². The SMILES string of the molecule is CC(C)N1CC[C@@H](N)[C@@H]1c1ccc(F)c(F)c1. The van der Waals surface area contributed by atoms with Crippen molar-refractivity contribution in [2.75, 3.05) is 6.54 Å². The van der Waals surface area contributed by atoms with Crippen molar-refractivity contribution < 1.29 is 8.78 Å². The molecule has 4 heteroatoms. The standard InChI is InChI=1S/C13H18F2N2/c1-8(2)17-6-5-12(16)13(17)9-3-4-10(14)11(15)7-9/h3-4,7-8,12-13H,5-6,16H2,1-2H3/t12-,13+/m1/s1. The van der Waals surface area contributed by atoms with Crippen LogP contribution in [0.3, 0.4) is 0 Å². The highest BCUT2D eigenvalue weighted by atomic mass is 19.2. The predicted molar refractivity (Wildman–Crippen MR) is 63.5 cm³/mol. The minimum absolute atomic E-state index is 0.00917. The second kappa shape index (κ2) is 4.70. The molecule has 1 saturated heterocycles. The summed E-state index contributed by atoms with van der Waals surface area (Å²) >= 11 is 0. The minimum atomic E-state index is -0.809. The van der Waals surface area contributed by atoms with Crippen LogP contribution in [0.2, 0.25) is 0 Å². The zero-order valence-electron chi connectivity index (χ0n) is 10.2. The average Bonchev–Trinajstić information content (AvgIpc) is 2.64. The lowest BCUT2D eigenvalue weighted by Gasteiger charge is -2.30. The summed E-state index contributed by atoms with van der Waals surface area (Å²) in [5, 5.41) is 0. The first-order chi connectivity index (χ1) is 8.00. The lowest BCUT2D eigenvalue weighted by molar-refractivity contribution is 0.197. The maximum Gasteiger partial charge on any atom is 0.159 e. The van der Waals surface area contributed by atoms with Crippen LogP contribution in [0.4, 0.5) is 8.78 Å². The summed E-state index contributed by atoms with van der Waals surface area (Å²) < 4.78 is 26.2. The molecular weight excluding hydrogens is 222 g/mol. The fourth-order valence-electron chi connectivity index (χ4n) is 2.56. The van der Waals surface area contributed by atoms with Crippen molar-refractivity contribution in [1.82, 2.24) is 4.90 Å². The summed E-state index contributed by atoms with van der Waals surface area (Å²) in [6.07, 6.45) is 0.891. The van der Waals surface area contributed by atoms with Gasteiger partial charge in [-0.1, -0.05) is 6.07 Å². The van der Waals surface area contributed by atoms with Gasteiger partial charge >= 0.3 is 0 Å². The number of hydrogen-bond donors (Lipinski definition) is 1. The number of likely N-dealkylation sites (tertiary alicyclic amines) is 1. The van der Waals surface area contributed by atoms with E-state index in [1.807, 2.05) is 0 Å². The molecule has 2 rings (SSSR count). The zero-order valence-corrected chi connectivity index (χ0v) is 10.2. The van der Waals surface area contributed by atoms with E-state index in [4.69, 9.17) is 5.73 Å². The van der Waals surface area contributed by atoms with Crippen LogP contribution in [0.1, 0.15) is 31.9 Å². The van der Waals surface area contributed by atoms with Crippen LogP contribution < -0.4 is 5.73 Å². The van der Waals surface area contributed by atoms with E-state index in [2.05, 4.69) is 18.7 Å². The van der Waals surface area contributed by atoms with Gasteiger partial charge in [-0.05, 0) is 38.0 Å². The summed E-state index contributed by atoms with van der Waals surface area (Å²) in [4.78, 5) is 2.23. The van der Waals surface area contributed by atoms with Crippen LogP contribution in [-0.2, 0) is 0 Å². The molecule has 1 aliphatic heterocycles. The third-order valence-corrected chi connectivity index (χ3v) is 3.43. The number of rotatable bonds is 2. The van der Waals surface area contributed by atoms with Gasteiger partial charge in [-0.3, -0.25) is 4.90 Å². The first-order valence-corrected chi connectivity index (χ1v) is 5.97. The van der Waals surface area contributed by atoms with Crippen LogP contribution in [-0.4, -0.2) is 23.5 Å². The summed E-state index contributed by atoms with van der Waals surface area (Å²) in [7, 11) is 0. The fraction of sp³-hybridized carbons (Fsp3) is 0.538. The summed E-state index contributed by atoms with van der Waals surface area (Å²) in [6, 6.07) is 4.40. The van der Waals surface area contributed by atoms with E-state index in [1.165, 1.54) is 12.1 Å². The van der Waals surface area contributed by atoms with Crippen molar-refractivity contribution in [3.05, 3.63) is 35.4 Å². The molecule has 17 heavy (non-hydrogen) atoms. The van der Waals surface area contributed by atoms with Gasteiger partial charge in [0.05, 0.1) is 6.04 Å². The summed E-state index contributed by atoms with van der Waals surface area (Å²) in [6.45, 7) is 5.08. The molecule has 1 aliphatic rings. The molecule has 0 unspecified atom stereocenters. The molecule has 0 aliphatic carbocycles. The van der Waals surface area contributed by atoms with Gasteiger partial charge in [0, 0.05) is 18.6 Å². The summed E-state index contributed by atoms with van der Waals surface area (Å²) in [5.74, 6) is -1.61. The molecule has 0 saturated carbocycles. The molecule has 0 spiro atoms. The van der Waals surface area contributed by atoms with E-state index in [0.717, 1.165) is 18.5 Å². The Balaban J connectivity index is 2.33. The van der Waals surface area contributed by atoms with E-state index in [9.17, 15) is 8.78 Å². The molecule has 94 valence electrons. The number of benzene rings is 1. The lowest BCUT2D eigenvalue weighted by Crippen LogP contribution is -2.36. The van der Waals surface area contributed by atoms with Gasteiger partial charge < -0.3 is 5.73 Å². The molecule has 0 amide bonds. The maximum absolute atomic E-state index is 13.3. The third kappa shape index (κ3) is 2.33. The summed E-state index contributed by atoms with van der Waals surface area (Å²) in [5.41, 5.74) is 6.84. The zero-order chi connectivity index (χ0) is 12.6. The molecule has 2 atom stereocenters. The Bertz CT molecular complexity index is 406. The molecule has 0 aromatic heterocycles. The number of hydrogen-bond acceptors (Lipinski definition) is 2. The molecule has 0 radical (unpaired) electrons. The van der Waals surface area contributed by atoms with Crippen molar-refractivity contribution in [3.8, 4) is 0 Å². The van der Waals surface area contributed by atoms with Gasteiger partial charge in [-0.2, -0.15) is 0 Å². The predicted octanol–water partition coefficient (Wildman–Crippen LogP) is 2.45. The monoisotopic (exact) mass is 240 g/mol. The van der Waals surface area contributed by atoms with E-state index in [-0.39, 0.29) is 12.1 Å². The molecule has 1 fully saturated rings. The number of halogens is 2. The van der Waals surface area contributed by atoms with Gasteiger partial charge in [0.1, 0.15) is 0 Å². The van der Waals surface area contributed by atoms with Crippen molar-refractivity contribution >= 4 is 0 Å². The Kier molecular flexibility index (Phi) is 3.45. The first kappa shape index (κ1) is 12.5. The molecule has 2 nitrogen and oxygen atoms in total. The smallest absolute Gasteiger partial charge is 0.159 e. The molecule has 1 aromatic rings. The van der Waals surface area contributed by atoms with Gasteiger partial charge in [0.25, 0.3) is 0 Å². The van der Waals surface area contributed by atoms with E-state index in [1.54, 1.807) is 6.07 Å². The van der Waals surface area contributed by atoms with Crippen molar-refractivity contribution in [2.45, 2.75) is 38.4 Å². The van der Waals surface area contributed by atoms with Crippen molar-refractivity contribution in [1.29, 1.82) is 0 Å². The van der Waals surface area contributed by atoms with Crippen molar-refractivity contribution in [3.63, 3.8) is 0 Å². The lowest BCUT2D eigenvalue weighted by atomic mass is 10.00. The van der Waals surface area contributed by atoms with Gasteiger partial charge in [-0.25, -0.2) is 8.78 Å². The second-order valence-corrected chi connectivity index (χ2v) is 4.90. The molecule has 1 heterocycles. The normalized spacial score (nSPS) is 25.8. The van der Waals surface area contributed by atoms with E-state index >= 15 is 0 Å². The molecule has 0 bridgehead atoms.